The predicted molar refractivity (Wildman–Crippen MR) is 298 cm³/mol. The summed E-state index contributed by atoms with van der Waals surface area (Å²) < 4.78 is 99.3. The van der Waals surface area contributed by atoms with E-state index in [1.165, 1.54) is 37.4 Å². The molecule has 9 N–H and O–H groups in total. The molecule has 0 aliphatic carbocycles. The molecule has 0 radical (unpaired) electrons. The van der Waals surface area contributed by atoms with Crippen LogP contribution in [0.3, 0.4) is 0 Å². The van der Waals surface area contributed by atoms with Crippen molar-refractivity contribution in [1.29, 1.82) is 0 Å². The van der Waals surface area contributed by atoms with Gasteiger partial charge in [0, 0.05) is 19.6 Å². The van der Waals surface area contributed by atoms with Gasteiger partial charge < -0.3 is 73.4 Å². The standard InChI is InChI=1S/C12H20N5O4P.C12H19O6PS.C8H12N5O4P.C7H9N5O.C3H9BrSi/c1-3-20-22(18,21-4-2)9-19-6-5-17-8-16-10-11(13)14-7-15-12(10)17;1-4-16-19(13,17-5-2)10-18-20(14,15)12-8-6-11(3)7-9-12;9-7-6-8(11-3-10-7)13(4-12-6)1-2-17-5-18(14,15)16;8-6-5-7(10-3-9-6)12(1-2-13)4-11-5;1-5(2,3)4/h7-8H,3-6,9H2,1-2H3,(H2,13,14,15);6-9H,4-5,10H2,1-3H3;3-4H,1-2,5H2,(H2,9,10,11)(H2,14,15,16);3-4,13H,1-2H2,(H2,8,9,10);1-3H3. The smallest absolute Gasteiger partial charge is 0.357 e. The molecule has 0 saturated heterocycles. The zero-order valence-electron chi connectivity index (χ0n) is 44.4. The van der Waals surface area contributed by atoms with E-state index >= 15 is 0 Å². The molecule has 0 fully saturated rings. The Labute approximate surface area is 460 Å². The molecule has 7 rings (SSSR count). The van der Waals surface area contributed by atoms with E-state index < -0.39 is 52.3 Å². The number of hydrogen-bond acceptors (Lipinski definition) is 25. The van der Waals surface area contributed by atoms with E-state index in [0.717, 1.165) is 5.56 Å². The molecule has 0 atom stereocenters. The first-order valence-electron chi connectivity index (χ1n) is 23.7. The van der Waals surface area contributed by atoms with Crippen molar-refractivity contribution in [3.63, 3.8) is 0 Å². The molecule has 0 amide bonds. The van der Waals surface area contributed by atoms with Gasteiger partial charge >= 0.3 is 22.8 Å². The van der Waals surface area contributed by atoms with Crippen molar-refractivity contribution >= 4 is 106 Å². The largest absolute Gasteiger partial charge is 0.395 e. The maximum Gasteiger partial charge on any atom is 0.357 e. The molecule has 0 aliphatic heterocycles. The van der Waals surface area contributed by atoms with Crippen molar-refractivity contribution < 1.29 is 68.8 Å². The Morgan fingerprint density at radius 1 is 0.577 bits per heavy atom. The van der Waals surface area contributed by atoms with Gasteiger partial charge in [0.05, 0.1) is 70.1 Å². The Morgan fingerprint density at radius 2 is 0.923 bits per heavy atom. The number of nitrogens with two attached hydrogens (primary N) is 3. The van der Waals surface area contributed by atoms with Crippen LogP contribution in [0.4, 0.5) is 17.5 Å². The van der Waals surface area contributed by atoms with Gasteiger partial charge in [-0.15, -0.1) is 15.3 Å². The van der Waals surface area contributed by atoms with Gasteiger partial charge in [0.2, 0.25) is 0 Å². The number of fused-ring (bicyclic) bond motifs is 3. The number of rotatable bonds is 24. The lowest BCUT2D eigenvalue weighted by atomic mass is 10.2. The van der Waals surface area contributed by atoms with Crippen molar-refractivity contribution in [3.8, 4) is 0 Å². The lowest BCUT2D eigenvalue weighted by Gasteiger charge is -2.16. The minimum atomic E-state index is -4.12. The van der Waals surface area contributed by atoms with E-state index in [0.29, 0.717) is 84.6 Å². The van der Waals surface area contributed by atoms with Gasteiger partial charge in [-0.1, -0.05) is 37.3 Å². The Hall–Kier alpha value is -4.79. The van der Waals surface area contributed by atoms with Gasteiger partial charge in [0.1, 0.15) is 54.9 Å². The summed E-state index contributed by atoms with van der Waals surface area (Å²) in [5, 5.41) is 8.74. The average Bonchev–Trinajstić information content (AvgIpc) is 4.11. The Bertz CT molecular complexity index is 3160. The first-order chi connectivity index (χ1) is 36.7. The minimum absolute atomic E-state index is 0.00245. The molecule has 78 heavy (non-hydrogen) atoms. The number of aryl methyl sites for hydroxylation is 1. The van der Waals surface area contributed by atoms with Crippen LogP contribution in [0.2, 0.25) is 19.6 Å². The number of benzene rings is 1. The topological polar surface area (TPSA) is 420 Å². The third-order valence-corrected chi connectivity index (χ3v) is 14.6. The third-order valence-electron chi connectivity index (χ3n) is 9.07. The van der Waals surface area contributed by atoms with Crippen LogP contribution in [-0.4, -0.2) is 154 Å². The number of nitrogen functional groups attached to an aromatic ring is 3. The van der Waals surface area contributed by atoms with Crippen molar-refractivity contribution in [1.82, 2.24) is 58.6 Å². The molecule has 0 bridgehead atoms. The van der Waals surface area contributed by atoms with Crippen LogP contribution in [-0.2, 0) is 75.2 Å². The second-order valence-corrected chi connectivity index (χ2v) is 35.0. The van der Waals surface area contributed by atoms with Gasteiger partial charge in [-0.2, -0.15) is 8.42 Å². The quantitative estimate of drug-likeness (QED) is 0.0138. The summed E-state index contributed by atoms with van der Waals surface area (Å²) in [6.07, 6.45) is 7.50. The van der Waals surface area contributed by atoms with E-state index in [-0.39, 0.29) is 43.5 Å². The summed E-state index contributed by atoms with van der Waals surface area (Å²) in [6, 6.07) is 6.16. The van der Waals surface area contributed by atoms with Gasteiger partial charge in [-0.3, -0.25) is 17.9 Å². The van der Waals surface area contributed by atoms with Gasteiger partial charge in [-0.25, -0.2) is 44.9 Å². The van der Waals surface area contributed by atoms with Crippen molar-refractivity contribution in [2.45, 2.75) is 78.8 Å². The zero-order chi connectivity index (χ0) is 58.2. The van der Waals surface area contributed by atoms with Gasteiger partial charge in [0.15, 0.2) is 40.7 Å². The number of nitrogens with zero attached hydrogens (tertiary/aromatic N) is 12. The summed E-state index contributed by atoms with van der Waals surface area (Å²) in [5.74, 6) is 0.985. The van der Waals surface area contributed by atoms with Gasteiger partial charge in [0.25, 0.3) is 10.1 Å². The van der Waals surface area contributed by atoms with Crippen LogP contribution in [0.1, 0.15) is 33.3 Å². The Balaban J connectivity index is 0.000000268. The molecule has 0 spiro atoms. The highest BCUT2D eigenvalue weighted by Crippen LogP contribution is 2.49. The van der Waals surface area contributed by atoms with E-state index in [9.17, 15) is 22.1 Å². The fourth-order valence-corrected chi connectivity index (χ4v) is 10.3. The number of halogens is 1. The lowest BCUT2D eigenvalue weighted by molar-refractivity contribution is 0.127. The first-order valence-corrected chi connectivity index (χ1v) is 36.1. The molecular weight excluding hydrogens is 1190 g/mol. The molecule has 7 aromatic rings. The Kier molecular flexibility index (Phi) is 28.1. The minimum Gasteiger partial charge on any atom is -0.395 e. The summed E-state index contributed by atoms with van der Waals surface area (Å²) in [7, 11) is -14.8. The van der Waals surface area contributed by atoms with Crippen LogP contribution in [0, 0.1) is 6.92 Å². The van der Waals surface area contributed by atoms with E-state index in [1.807, 2.05) is 6.92 Å². The number of ether oxygens (including phenoxy) is 2. The highest BCUT2D eigenvalue weighted by Gasteiger charge is 2.29. The molecule has 6 aromatic heterocycles. The van der Waals surface area contributed by atoms with E-state index in [4.69, 9.17) is 63.8 Å². The number of aliphatic hydroxyl groups excluding tert-OH is 1. The third kappa shape index (κ3) is 23.5. The molecule has 0 aliphatic rings. The van der Waals surface area contributed by atoms with Crippen LogP contribution >= 0.6 is 38.1 Å². The summed E-state index contributed by atoms with van der Waals surface area (Å²) in [5.41, 5.74) is 21.3. The van der Waals surface area contributed by atoms with Crippen molar-refractivity contribution in [2.24, 2.45) is 0 Å². The maximum atomic E-state index is 12.2. The lowest BCUT2D eigenvalue weighted by Crippen LogP contribution is -2.10. The normalized spacial score (nSPS) is 12.0. The molecule has 30 nitrogen and oxygen atoms in total. The number of aliphatic hydroxyl groups is 1. The summed E-state index contributed by atoms with van der Waals surface area (Å²) >= 11 is 3.51. The fourth-order valence-electron chi connectivity index (χ4n) is 5.90. The summed E-state index contributed by atoms with van der Waals surface area (Å²) in [6.45, 7) is 17.3. The molecule has 6 heterocycles. The summed E-state index contributed by atoms with van der Waals surface area (Å²) in [4.78, 5) is 53.2. The number of aromatic nitrogens is 12. The molecule has 434 valence electrons. The molecular formula is C42H69BrN15O15P3SSi. The number of hydrogen-bond donors (Lipinski definition) is 6. The predicted octanol–water partition coefficient (Wildman–Crippen LogP) is 5.75. The highest BCUT2D eigenvalue weighted by atomic mass is 79.9. The van der Waals surface area contributed by atoms with Crippen molar-refractivity contribution in [3.05, 3.63) is 67.8 Å². The number of imidazole rings is 3. The second-order valence-electron chi connectivity index (χ2n) is 16.5. The molecule has 0 unspecified atom stereocenters. The first kappa shape index (κ1) is 67.5. The highest BCUT2D eigenvalue weighted by molar-refractivity contribution is 9.26. The second kappa shape index (κ2) is 32.5. The SMILES string of the molecule is CCOP(=O)(COCCn1cnc2c(N)ncnc21)OCC.CCOP(=O)(COS(=O)(=O)c1ccc(C)cc1)OCC.C[Si](C)(C)Br.Nc1ncnc2c1ncn2CCO.Nc1ncnc2c1ncn2CCOCP(=O)(O)O. The van der Waals surface area contributed by atoms with Gasteiger partial charge in [-0.05, 0) is 46.8 Å². The Morgan fingerprint density at radius 3 is 1.27 bits per heavy atom. The molecule has 1 aromatic carbocycles. The van der Waals surface area contributed by atoms with E-state index in [1.54, 1.807) is 66.2 Å². The van der Waals surface area contributed by atoms with E-state index in [2.05, 4.69) is 79.8 Å². The average molecular weight is 1260 g/mol. The van der Waals surface area contributed by atoms with Crippen molar-refractivity contribution in [2.75, 3.05) is 82.5 Å². The van der Waals surface area contributed by atoms with Crippen LogP contribution < -0.4 is 17.2 Å². The van der Waals surface area contributed by atoms with Crippen LogP contribution in [0.15, 0.2) is 67.1 Å². The fraction of sp³-hybridized carbons (Fsp3) is 0.500. The monoisotopic (exact) mass is 1260 g/mol. The zero-order valence-corrected chi connectivity index (χ0v) is 50.5. The van der Waals surface area contributed by atoms with Crippen LogP contribution in [0.5, 0.6) is 0 Å². The number of anilines is 3. The van der Waals surface area contributed by atoms with Crippen LogP contribution in [0.25, 0.3) is 33.5 Å². The molecule has 0 saturated carbocycles. The molecule has 36 heteroatoms. The maximum absolute atomic E-state index is 12.2.